The van der Waals surface area contributed by atoms with Crippen LogP contribution in [0.15, 0.2) is 36.4 Å². The fraction of sp³-hybridized carbons (Fsp3) is 0.412. The topological polar surface area (TPSA) is 47.3 Å². The third-order valence-corrected chi connectivity index (χ3v) is 4.39. The molecule has 1 aliphatic rings. The number of rotatable bonds is 3. The van der Waals surface area contributed by atoms with E-state index in [-0.39, 0.29) is 6.04 Å². The van der Waals surface area contributed by atoms with Gasteiger partial charge in [-0.05, 0) is 48.9 Å². The van der Waals surface area contributed by atoms with Gasteiger partial charge < -0.3 is 15.8 Å². The number of fused-ring (bicyclic) bond motifs is 1. The van der Waals surface area contributed by atoms with Crippen LogP contribution in [0.2, 0.25) is 0 Å². The van der Waals surface area contributed by atoms with E-state index >= 15 is 0 Å². The van der Waals surface area contributed by atoms with Crippen LogP contribution in [-0.2, 0) is 0 Å². The van der Waals surface area contributed by atoms with Gasteiger partial charge in [-0.2, -0.15) is 0 Å². The van der Waals surface area contributed by atoms with Crippen LogP contribution < -0.4 is 15.8 Å². The van der Waals surface area contributed by atoms with Crippen LogP contribution in [0.5, 0.6) is 5.75 Å². The number of ether oxygens (including phenoxy) is 1. The Kier molecular flexibility index (Phi) is 3.90. The van der Waals surface area contributed by atoms with Gasteiger partial charge in [-0.3, -0.25) is 0 Å². The first-order valence-electron chi connectivity index (χ1n) is 7.33. The second kappa shape index (κ2) is 5.81. The van der Waals surface area contributed by atoms with E-state index in [1.165, 1.54) is 10.9 Å². The molecule has 1 aliphatic heterocycles. The third kappa shape index (κ3) is 2.39. The highest BCUT2D eigenvalue weighted by Crippen LogP contribution is 2.35. The van der Waals surface area contributed by atoms with Gasteiger partial charge in [-0.1, -0.05) is 30.3 Å². The van der Waals surface area contributed by atoms with E-state index in [0.29, 0.717) is 5.92 Å². The van der Waals surface area contributed by atoms with Crippen molar-refractivity contribution >= 4 is 10.8 Å². The van der Waals surface area contributed by atoms with E-state index in [2.05, 4.69) is 29.6 Å². The van der Waals surface area contributed by atoms with Gasteiger partial charge in [0, 0.05) is 11.4 Å². The molecule has 0 amide bonds. The Morgan fingerprint density at radius 3 is 2.50 bits per heavy atom. The van der Waals surface area contributed by atoms with Crippen molar-refractivity contribution < 1.29 is 4.74 Å². The van der Waals surface area contributed by atoms with Crippen LogP contribution in [0.25, 0.3) is 10.8 Å². The van der Waals surface area contributed by atoms with Crippen molar-refractivity contribution in [3.63, 3.8) is 0 Å². The average molecular weight is 270 g/mol. The molecule has 0 aliphatic carbocycles. The lowest BCUT2D eigenvalue weighted by molar-refractivity contribution is 0.323. The van der Waals surface area contributed by atoms with Gasteiger partial charge in [0.25, 0.3) is 0 Å². The van der Waals surface area contributed by atoms with Gasteiger partial charge in [-0.25, -0.2) is 0 Å². The maximum atomic E-state index is 6.56. The summed E-state index contributed by atoms with van der Waals surface area (Å²) in [7, 11) is 1.72. The zero-order valence-electron chi connectivity index (χ0n) is 11.9. The highest BCUT2D eigenvalue weighted by atomic mass is 16.5. The SMILES string of the molecule is COc1ccc([C@H](N)C2CCNCC2)c2ccccc12. The molecule has 1 atom stereocenters. The Hall–Kier alpha value is -1.58. The summed E-state index contributed by atoms with van der Waals surface area (Å²) < 4.78 is 5.46. The fourth-order valence-corrected chi connectivity index (χ4v) is 3.22. The Morgan fingerprint density at radius 1 is 1.10 bits per heavy atom. The van der Waals surface area contributed by atoms with Crippen LogP contribution in [0.4, 0.5) is 0 Å². The minimum absolute atomic E-state index is 0.105. The number of nitrogens with one attached hydrogen (secondary N) is 1. The summed E-state index contributed by atoms with van der Waals surface area (Å²) in [6.45, 7) is 2.15. The average Bonchev–Trinajstić information content (AvgIpc) is 2.54. The van der Waals surface area contributed by atoms with Crippen molar-refractivity contribution in [2.75, 3.05) is 20.2 Å². The van der Waals surface area contributed by atoms with Gasteiger partial charge in [0.1, 0.15) is 5.75 Å². The number of hydrogen-bond acceptors (Lipinski definition) is 3. The Morgan fingerprint density at radius 2 is 1.80 bits per heavy atom. The molecule has 20 heavy (non-hydrogen) atoms. The Balaban J connectivity index is 2.02. The molecule has 3 rings (SSSR count). The van der Waals surface area contributed by atoms with E-state index in [1.54, 1.807) is 7.11 Å². The molecule has 0 saturated carbocycles. The first kappa shape index (κ1) is 13.4. The molecule has 0 unspecified atom stereocenters. The van der Waals surface area contributed by atoms with E-state index in [1.807, 2.05) is 12.1 Å². The van der Waals surface area contributed by atoms with E-state index in [4.69, 9.17) is 10.5 Å². The minimum Gasteiger partial charge on any atom is -0.496 e. The predicted octanol–water partition coefficient (Wildman–Crippen LogP) is 2.85. The molecule has 2 aromatic carbocycles. The van der Waals surface area contributed by atoms with Gasteiger partial charge in [0.05, 0.1) is 7.11 Å². The molecule has 1 heterocycles. The molecule has 3 N–H and O–H groups in total. The largest absolute Gasteiger partial charge is 0.496 e. The molecule has 0 bridgehead atoms. The first-order valence-corrected chi connectivity index (χ1v) is 7.33. The molecule has 2 aromatic rings. The molecule has 0 spiro atoms. The van der Waals surface area contributed by atoms with Gasteiger partial charge in [0.15, 0.2) is 0 Å². The standard InChI is InChI=1S/C17H22N2O/c1-20-16-7-6-15(13-4-2-3-5-14(13)16)17(18)12-8-10-19-11-9-12/h2-7,12,17,19H,8-11,18H2,1H3/t17-/m1/s1. The number of methoxy groups -OCH3 is 1. The maximum Gasteiger partial charge on any atom is 0.126 e. The minimum atomic E-state index is 0.105. The molecule has 1 fully saturated rings. The van der Waals surface area contributed by atoms with E-state index in [9.17, 15) is 0 Å². The zero-order chi connectivity index (χ0) is 13.9. The summed E-state index contributed by atoms with van der Waals surface area (Å²) in [6, 6.07) is 12.6. The second-order valence-corrected chi connectivity index (χ2v) is 5.52. The van der Waals surface area contributed by atoms with Crippen LogP contribution in [0, 0.1) is 5.92 Å². The van der Waals surface area contributed by atoms with Crippen LogP contribution in [-0.4, -0.2) is 20.2 Å². The van der Waals surface area contributed by atoms with Crippen LogP contribution >= 0.6 is 0 Å². The third-order valence-electron chi connectivity index (χ3n) is 4.39. The smallest absolute Gasteiger partial charge is 0.126 e. The maximum absolute atomic E-state index is 6.56. The summed E-state index contributed by atoms with van der Waals surface area (Å²) >= 11 is 0. The summed E-state index contributed by atoms with van der Waals surface area (Å²) in [6.07, 6.45) is 2.31. The monoisotopic (exact) mass is 270 g/mol. The summed E-state index contributed by atoms with van der Waals surface area (Å²) in [5, 5.41) is 5.77. The molecule has 0 radical (unpaired) electrons. The van der Waals surface area contributed by atoms with Crippen molar-refractivity contribution in [2.45, 2.75) is 18.9 Å². The van der Waals surface area contributed by atoms with Gasteiger partial charge in [-0.15, -0.1) is 0 Å². The summed E-state index contributed by atoms with van der Waals surface area (Å²) in [5.41, 5.74) is 7.80. The van der Waals surface area contributed by atoms with Crippen LogP contribution in [0.3, 0.4) is 0 Å². The highest BCUT2D eigenvalue weighted by Gasteiger charge is 2.23. The normalized spacial score (nSPS) is 18.1. The van der Waals surface area contributed by atoms with E-state index in [0.717, 1.165) is 37.1 Å². The molecular formula is C17H22N2O. The fourth-order valence-electron chi connectivity index (χ4n) is 3.22. The number of nitrogens with two attached hydrogens (primary N) is 1. The highest BCUT2D eigenvalue weighted by molar-refractivity contribution is 5.91. The van der Waals surface area contributed by atoms with Crippen molar-refractivity contribution in [3.8, 4) is 5.75 Å². The van der Waals surface area contributed by atoms with Crippen molar-refractivity contribution in [1.29, 1.82) is 0 Å². The van der Waals surface area contributed by atoms with Crippen LogP contribution in [0.1, 0.15) is 24.4 Å². The van der Waals surface area contributed by atoms with Crippen molar-refractivity contribution in [2.24, 2.45) is 11.7 Å². The number of hydrogen-bond donors (Lipinski definition) is 2. The molecule has 3 heteroatoms. The quantitative estimate of drug-likeness (QED) is 0.901. The number of piperidine rings is 1. The van der Waals surface area contributed by atoms with Gasteiger partial charge >= 0.3 is 0 Å². The molecule has 106 valence electrons. The molecule has 3 nitrogen and oxygen atoms in total. The van der Waals surface area contributed by atoms with Gasteiger partial charge in [0.2, 0.25) is 0 Å². The molecular weight excluding hydrogens is 248 g/mol. The zero-order valence-corrected chi connectivity index (χ0v) is 11.9. The van der Waals surface area contributed by atoms with E-state index < -0.39 is 0 Å². The van der Waals surface area contributed by atoms with Crippen molar-refractivity contribution in [1.82, 2.24) is 5.32 Å². The molecule has 0 aromatic heterocycles. The lowest BCUT2D eigenvalue weighted by Gasteiger charge is -2.29. The Bertz CT molecular complexity index is 591. The predicted molar refractivity (Wildman–Crippen MR) is 83.0 cm³/mol. The summed E-state index contributed by atoms with van der Waals surface area (Å²) in [5.74, 6) is 1.48. The Labute approximate surface area is 120 Å². The first-order chi connectivity index (χ1) is 9.81. The number of benzene rings is 2. The second-order valence-electron chi connectivity index (χ2n) is 5.52. The lowest BCUT2D eigenvalue weighted by Crippen LogP contribution is -2.33. The molecule has 1 saturated heterocycles. The van der Waals surface area contributed by atoms with Crippen molar-refractivity contribution in [3.05, 3.63) is 42.0 Å². The lowest BCUT2D eigenvalue weighted by atomic mass is 9.84. The summed E-state index contributed by atoms with van der Waals surface area (Å²) in [4.78, 5) is 0.